The van der Waals surface area contributed by atoms with Crippen molar-refractivity contribution in [3.8, 4) is 0 Å². The van der Waals surface area contributed by atoms with E-state index in [2.05, 4.69) is 47.2 Å². The first kappa shape index (κ1) is 17.4. The first-order valence-corrected chi connectivity index (χ1v) is 8.79. The molecule has 3 rings (SSSR count). The van der Waals surface area contributed by atoms with Crippen LogP contribution in [0.1, 0.15) is 33.6 Å². The number of rotatable bonds is 5. The Hall–Kier alpha value is -2.40. The Balaban J connectivity index is 1.48. The summed E-state index contributed by atoms with van der Waals surface area (Å²) in [6.07, 6.45) is 2.67. The average molecular weight is 338 g/mol. The van der Waals surface area contributed by atoms with Gasteiger partial charge in [0, 0.05) is 31.5 Å². The third-order valence-electron chi connectivity index (χ3n) is 4.92. The van der Waals surface area contributed by atoms with E-state index in [1.807, 2.05) is 0 Å². The lowest BCUT2D eigenvalue weighted by atomic mass is 10.1. The molecule has 0 saturated carbocycles. The minimum atomic E-state index is -0.153. The van der Waals surface area contributed by atoms with Crippen molar-refractivity contribution in [1.29, 1.82) is 0 Å². The molecule has 3 N–H and O–H groups in total. The number of nitrogens with zero attached hydrogens (tertiary/aromatic N) is 2. The number of carbonyl (C=O) groups excluding carboxylic acids is 1. The van der Waals surface area contributed by atoms with Crippen molar-refractivity contribution < 1.29 is 4.79 Å². The van der Waals surface area contributed by atoms with E-state index >= 15 is 0 Å². The first-order valence-electron chi connectivity index (χ1n) is 8.79. The smallest absolute Gasteiger partial charge is 0.269 e. The van der Waals surface area contributed by atoms with Gasteiger partial charge in [0.05, 0.1) is 0 Å². The van der Waals surface area contributed by atoms with Gasteiger partial charge in [-0.25, -0.2) is 0 Å². The van der Waals surface area contributed by atoms with Crippen LogP contribution in [0.4, 0.5) is 5.69 Å². The largest absolute Gasteiger partial charge is 0.399 e. The molecule has 0 spiro atoms. The molecule has 2 aromatic rings. The highest BCUT2D eigenvalue weighted by atomic mass is 16.1. The number of carbonyl (C=O) groups is 1. The predicted octanol–water partition coefficient (Wildman–Crippen LogP) is 2.53. The Morgan fingerprint density at radius 2 is 2.12 bits per heavy atom. The van der Waals surface area contributed by atoms with Crippen LogP contribution in [0.5, 0.6) is 0 Å². The van der Waals surface area contributed by atoms with Gasteiger partial charge < -0.3 is 11.1 Å². The molecule has 1 aromatic carbocycles. The topological polar surface area (TPSA) is 71.2 Å². The summed E-state index contributed by atoms with van der Waals surface area (Å²) in [6.45, 7) is 8.04. The lowest BCUT2D eigenvalue weighted by Gasteiger charge is -2.17. The number of amides is 1. The van der Waals surface area contributed by atoms with Crippen LogP contribution < -0.4 is 11.1 Å². The van der Waals surface area contributed by atoms with Crippen LogP contribution in [0.3, 0.4) is 0 Å². The number of aromatic nitrogens is 1. The molecule has 5 heteroatoms. The van der Waals surface area contributed by atoms with Gasteiger partial charge in [0.15, 0.2) is 0 Å². The maximum atomic E-state index is 12.2. The van der Waals surface area contributed by atoms with E-state index in [-0.39, 0.29) is 5.91 Å². The maximum Gasteiger partial charge on any atom is 0.269 e. The van der Waals surface area contributed by atoms with E-state index in [9.17, 15) is 4.79 Å². The van der Waals surface area contributed by atoms with Crippen LogP contribution in [-0.2, 0) is 6.54 Å². The molecule has 0 bridgehead atoms. The fourth-order valence-corrected chi connectivity index (χ4v) is 3.28. The van der Waals surface area contributed by atoms with Crippen molar-refractivity contribution in [3.63, 3.8) is 0 Å². The van der Waals surface area contributed by atoms with Gasteiger partial charge >= 0.3 is 0 Å². The molecule has 0 aliphatic carbocycles. The maximum absolute atomic E-state index is 12.2. The summed E-state index contributed by atoms with van der Waals surface area (Å²) in [5.74, 6) is 0.330. The molecule has 132 valence electrons. The van der Waals surface area contributed by atoms with Gasteiger partial charge in [-0.3, -0.25) is 14.7 Å². The molecule has 5 nitrogen and oxygen atoms in total. The Morgan fingerprint density at radius 3 is 2.88 bits per heavy atom. The van der Waals surface area contributed by atoms with Gasteiger partial charge in [-0.2, -0.15) is 0 Å². The molecule has 0 radical (unpaired) electrons. The normalized spacial score (nSPS) is 17.6. The van der Waals surface area contributed by atoms with Crippen LogP contribution in [-0.4, -0.2) is 35.4 Å². The second kappa shape index (κ2) is 7.66. The van der Waals surface area contributed by atoms with Crippen LogP contribution in [0.15, 0.2) is 36.5 Å². The number of likely N-dealkylation sites (tertiary alicyclic amines) is 1. The predicted molar refractivity (Wildman–Crippen MR) is 100 cm³/mol. The number of anilines is 1. The van der Waals surface area contributed by atoms with E-state index in [1.54, 1.807) is 18.3 Å². The molecule has 1 atom stereocenters. The van der Waals surface area contributed by atoms with Crippen molar-refractivity contribution in [2.75, 3.05) is 25.4 Å². The van der Waals surface area contributed by atoms with Crippen molar-refractivity contribution in [2.45, 2.75) is 26.8 Å². The molecule has 2 heterocycles. The molecule has 1 aliphatic rings. The number of nitrogen functional groups attached to an aromatic ring is 1. The molecule has 1 aromatic heterocycles. The average Bonchev–Trinajstić information content (AvgIpc) is 3.03. The third kappa shape index (κ3) is 4.57. The fourth-order valence-electron chi connectivity index (χ4n) is 3.28. The highest BCUT2D eigenvalue weighted by Gasteiger charge is 2.23. The molecule has 0 unspecified atom stereocenters. The van der Waals surface area contributed by atoms with Gasteiger partial charge in [-0.15, -0.1) is 0 Å². The summed E-state index contributed by atoms with van der Waals surface area (Å²) in [5.41, 5.74) is 10.7. The summed E-state index contributed by atoms with van der Waals surface area (Å²) in [5, 5.41) is 2.99. The van der Waals surface area contributed by atoms with Crippen molar-refractivity contribution in [3.05, 3.63) is 58.9 Å². The highest BCUT2D eigenvalue weighted by molar-refractivity contribution is 5.92. The first-order chi connectivity index (χ1) is 12.0. The van der Waals surface area contributed by atoms with E-state index in [0.717, 1.165) is 26.1 Å². The number of pyridine rings is 1. The Morgan fingerprint density at radius 1 is 1.28 bits per heavy atom. The number of nitrogens with one attached hydrogen (secondary N) is 1. The van der Waals surface area contributed by atoms with Gasteiger partial charge in [-0.1, -0.05) is 18.2 Å². The van der Waals surface area contributed by atoms with Crippen molar-refractivity contribution in [2.24, 2.45) is 5.92 Å². The van der Waals surface area contributed by atoms with Gasteiger partial charge in [-0.05, 0) is 61.6 Å². The van der Waals surface area contributed by atoms with Gasteiger partial charge in [0.2, 0.25) is 0 Å². The zero-order valence-corrected chi connectivity index (χ0v) is 15.0. The number of benzene rings is 1. The minimum absolute atomic E-state index is 0.153. The lowest BCUT2D eigenvalue weighted by Crippen LogP contribution is -2.31. The zero-order chi connectivity index (χ0) is 17.8. The van der Waals surface area contributed by atoms with E-state index in [4.69, 9.17) is 5.73 Å². The third-order valence-corrected chi connectivity index (χ3v) is 4.92. The zero-order valence-electron chi connectivity index (χ0n) is 15.0. The standard InChI is InChI=1S/C20H26N4O/c1-14-3-4-16(9-15(14)2)12-24-8-6-17(13-24)11-23-20(25)19-10-18(21)5-7-22-19/h3-5,7,9-10,17H,6,8,11-13H2,1-2H3,(H2,21,22)(H,23,25)/t17-/m0/s1. The lowest BCUT2D eigenvalue weighted by molar-refractivity contribution is 0.0942. The van der Waals surface area contributed by atoms with Crippen LogP contribution in [0.25, 0.3) is 0 Å². The molecule has 1 fully saturated rings. The Bertz CT molecular complexity index is 759. The van der Waals surface area contributed by atoms with Crippen LogP contribution >= 0.6 is 0 Å². The molecule has 25 heavy (non-hydrogen) atoms. The van der Waals surface area contributed by atoms with Crippen molar-refractivity contribution >= 4 is 11.6 Å². The molecular formula is C20H26N4O. The van der Waals surface area contributed by atoms with E-state index < -0.39 is 0 Å². The second-order valence-electron chi connectivity index (χ2n) is 6.99. The minimum Gasteiger partial charge on any atom is -0.399 e. The van der Waals surface area contributed by atoms with Crippen molar-refractivity contribution in [1.82, 2.24) is 15.2 Å². The molecular weight excluding hydrogens is 312 g/mol. The number of hydrogen-bond donors (Lipinski definition) is 2. The van der Waals surface area contributed by atoms with Crippen LogP contribution in [0, 0.1) is 19.8 Å². The van der Waals surface area contributed by atoms with E-state index in [0.29, 0.717) is 23.8 Å². The summed E-state index contributed by atoms with van der Waals surface area (Å²) in [6, 6.07) is 9.96. The Labute approximate surface area is 149 Å². The quantitative estimate of drug-likeness (QED) is 0.879. The highest BCUT2D eigenvalue weighted by Crippen LogP contribution is 2.19. The number of hydrogen-bond acceptors (Lipinski definition) is 4. The molecule has 1 aliphatic heterocycles. The van der Waals surface area contributed by atoms with Gasteiger partial charge in [0.1, 0.15) is 5.69 Å². The molecule has 1 saturated heterocycles. The monoisotopic (exact) mass is 338 g/mol. The summed E-state index contributed by atoms with van der Waals surface area (Å²) < 4.78 is 0. The van der Waals surface area contributed by atoms with Crippen LogP contribution in [0.2, 0.25) is 0 Å². The number of nitrogens with two attached hydrogens (primary N) is 1. The summed E-state index contributed by atoms with van der Waals surface area (Å²) in [7, 11) is 0. The molecule has 1 amide bonds. The summed E-state index contributed by atoms with van der Waals surface area (Å²) in [4.78, 5) is 18.7. The van der Waals surface area contributed by atoms with Gasteiger partial charge in [0.25, 0.3) is 5.91 Å². The Kier molecular flexibility index (Phi) is 5.34. The van der Waals surface area contributed by atoms with E-state index in [1.165, 1.54) is 16.7 Å². The summed E-state index contributed by atoms with van der Waals surface area (Å²) >= 11 is 0. The second-order valence-corrected chi connectivity index (χ2v) is 6.99. The fraction of sp³-hybridized carbons (Fsp3) is 0.400. The number of aryl methyl sites for hydroxylation is 2. The SMILES string of the molecule is Cc1ccc(CN2CC[C@@H](CNC(=O)c3cc(N)ccn3)C2)cc1C.